The Labute approximate surface area is 454 Å². The van der Waals surface area contributed by atoms with Crippen LogP contribution in [0, 0.1) is 0 Å². The number of carboxylic acids is 1. The number of unbranched alkanes of at least 4 members (excludes halogenated alkanes) is 21. The van der Waals surface area contributed by atoms with Crippen LogP contribution in [0.2, 0.25) is 0 Å². The second-order valence-electron chi connectivity index (χ2n) is 19.9. The summed E-state index contributed by atoms with van der Waals surface area (Å²) in [6.45, 7) is 5.72. The summed E-state index contributed by atoms with van der Waals surface area (Å²) >= 11 is 0. The SMILES string of the molecule is CC/C=C\C/C=C\C/C=C\CCCCCCCCCC(=O)OC1C(OCC(COC(=O)CCCCCCC/C=C\CCCCCCCC)OC(=O)CCCCC/C=C\C/C=C\C/C=C\CC)OC(C(=O)O)C(O)C1O. The lowest BCUT2D eigenvalue weighted by Gasteiger charge is -2.40. The number of esters is 3. The molecule has 0 aromatic rings. The Hall–Kier alpha value is -4.10. The van der Waals surface area contributed by atoms with Crippen LogP contribution in [0.3, 0.4) is 0 Å². The highest BCUT2D eigenvalue weighted by molar-refractivity contribution is 5.74. The number of aliphatic hydroxyl groups excluding tert-OH is 2. The molecule has 428 valence electrons. The third-order valence-corrected chi connectivity index (χ3v) is 12.9. The number of carbonyl (C=O) groups excluding carboxylic acids is 3. The van der Waals surface area contributed by atoms with Gasteiger partial charge in [0, 0.05) is 19.3 Å². The lowest BCUT2D eigenvalue weighted by atomic mass is 9.98. The van der Waals surface area contributed by atoms with Gasteiger partial charge in [-0.05, 0) is 109 Å². The number of hydrogen-bond acceptors (Lipinski definition) is 11. The topological polar surface area (TPSA) is 175 Å². The number of aliphatic carboxylic acids is 1. The normalized spacial score (nSPS) is 18.8. The molecule has 0 saturated carbocycles. The van der Waals surface area contributed by atoms with E-state index in [1.807, 2.05) is 0 Å². The Morgan fingerprint density at radius 3 is 1.31 bits per heavy atom. The van der Waals surface area contributed by atoms with Gasteiger partial charge in [0.05, 0.1) is 6.61 Å². The standard InChI is InChI=1S/C63H104O12/c1-4-7-10-13-16-19-22-25-27-28-30-33-36-39-42-45-48-51-57(66)74-61-59(68)58(67)60(62(69)70)75-63(61)72-53-54(73-56(65)50-47-44-41-38-35-31-24-21-18-15-12-9-6-3)52-71-55(64)49-46-43-40-37-34-32-29-26-23-20-17-14-11-8-5-2/h7,9-10,12,16,18-19,21,25-27,29,31,35,54,58-61,63,67-68H,4-6,8,11,13-15,17,20,22-24,28,30,32-34,36-53H2,1-3H3,(H,69,70)/b10-7-,12-9-,19-16-,21-18-,27-25-,29-26-,35-31-. The molecule has 0 bridgehead atoms. The third kappa shape index (κ3) is 40.8. The highest BCUT2D eigenvalue weighted by Gasteiger charge is 2.50. The van der Waals surface area contributed by atoms with E-state index >= 15 is 0 Å². The van der Waals surface area contributed by atoms with Gasteiger partial charge in [-0.15, -0.1) is 0 Å². The zero-order valence-corrected chi connectivity index (χ0v) is 47.0. The van der Waals surface area contributed by atoms with E-state index in [0.29, 0.717) is 19.3 Å². The van der Waals surface area contributed by atoms with Crippen LogP contribution in [0.25, 0.3) is 0 Å². The molecule has 6 atom stereocenters. The molecule has 1 heterocycles. The van der Waals surface area contributed by atoms with Crippen LogP contribution in [0.1, 0.15) is 239 Å². The molecule has 0 spiro atoms. The van der Waals surface area contributed by atoms with Crippen LogP contribution >= 0.6 is 0 Å². The molecule has 1 rings (SSSR count). The van der Waals surface area contributed by atoms with Crippen molar-refractivity contribution in [3.05, 3.63) is 85.1 Å². The monoisotopic (exact) mass is 1050 g/mol. The van der Waals surface area contributed by atoms with Gasteiger partial charge in [0.15, 0.2) is 24.6 Å². The number of hydrogen-bond donors (Lipinski definition) is 3. The van der Waals surface area contributed by atoms with Crippen LogP contribution in [-0.4, -0.2) is 89.2 Å². The smallest absolute Gasteiger partial charge is 0.335 e. The number of carboxylic acid groups (broad SMARTS) is 1. The van der Waals surface area contributed by atoms with E-state index in [1.54, 1.807) is 0 Å². The van der Waals surface area contributed by atoms with E-state index in [4.69, 9.17) is 23.7 Å². The molecular formula is C63H104O12. The molecule has 1 fully saturated rings. The van der Waals surface area contributed by atoms with Crippen LogP contribution < -0.4 is 0 Å². The fraction of sp³-hybridized carbons (Fsp3) is 0.714. The Balaban J connectivity index is 2.71. The van der Waals surface area contributed by atoms with Gasteiger partial charge in [-0.25, -0.2) is 4.79 Å². The van der Waals surface area contributed by atoms with Gasteiger partial charge in [0.2, 0.25) is 0 Å². The summed E-state index contributed by atoms with van der Waals surface area (Å²) in [6.07, 6.45) is 52.7. The first kappa shape index (κ1) is 68.9. The van der Waals surface area contributed by atoms with Gasteiger partial charge in [0.1, 0.15) is 18.8 Å². The van der Waals surface area contributed by atoms with Gasteiger partial charge in [-0.1, -0.05) is 196 Å². The predicted octanol–water partition coefficient (Wildman–Crippen LogP) is 15.1. The van der Waals surface area contributed by atoms with Gasteiger partial charge in [-0.2, -0.15) is 0 Å². The summed E-state index contributed by atoms with van der Waals surface area (Å²) in [5.74, 6) is -3.19. The van der Waals surface area contributed by atoms with Gasteiger partial charge >= 0.3 is 23.9 Å². The van der Waals surface area contributed by atoms with Crippen molar-refractivity contribution in [2.24, 2.45) is 0 Å². The summed E-state index contributed by atoms with van der Waals surface area (Å²) in [7, 11) is 0. The molecule has 12 heteroatoms. The van der Waals surface area contributed by atoms with E-state index in [-0.39, 0.29) is 25.9 Å². The first-order chi connectivity index (χ1) is 36.6. The first-order valence-corrected chi connectivity index (χ1v) is 29.6. The fourth-order valence-corrected chi connectivity index (χ4v) is 8.45. The molecule has 1 aliphatic rings. The Kier molecular flexibility index (Phi) is 46.6. The number of rotatable bonds is 49. The van der Waals surface area contributed by atoms with Crippen molar-refractivity contribution in [1.82, 2.24) is 0 Å². The molecule has 12 nitrogen and oxygen atoms in total. The molecule has 0 amide bonds. The highest BCUT2D eigenvalue weighted by atomic mass is 16.7. The zero-order chi connectivity index (χ0) is 54.7. The molecular weight excluding hydrogens is 949 g/mol. The molecule has 1 saturated heterocycles. The lowest BCUT2D eigenvalue weighted by Crippen LogP contribution is -2.61. The third-order valence-electron chi connectivity index (χ3n) is 12.9. The Morgan fingerprint density at radius 1 is 0.453 bits per heavy atom. The van der Waals surface area contributed by atoms with Gasteiger partial charge in [-0.3, -0.25) is 14.4 Å². The quantitative estimate of drug-likeness (QED) is 0.0228. The molecule has 3 N–H and O–H groups in total. The van der Waals surface area contributed by atoms with Crippen LogP contribution in [0.15, 0.2) is 85.1 Å². The minimum absolute atomic E-state index is 0.0419. The minimum atomic E-state index is -1.91. The summed E-state index contributed by atoms with van der Waals surface area (Å²) in [6, 6.07) is 0. The molecule has 0 radical (unpaired) electrons. The number of carbonyl (C=O) groups is 4. The van der Waals surface area contributed by atoms with Crippen molar-refractivity contribution in [2.45, 2.75) is 276 Å². The zero-order valence-electron chi connectivity index (χ0n) is 47.0. The Bertz CT molecular complexity index is 1630. The molecule has 0 aromatic carbocycles. The number of allylic oxidation sites excluding steroid dienone is 14. The van der Waals surface area contributed by atoms with Gasteiger partial charge in [0.25, 0.3) is 0 Å². The predicted molar refractivity (Wildman–Crippen MR) is 303 cm³/mol. The van der Waals surface area contributed by atoms with E-state index in [9.17, 15) is 34.5 Å². The van der Waals surface area contributed by atoms with Crippen LogP contribution in [0.5, 0.6) is 0 Å². The summed E-state index contributed by atoms with van der Waals surface area (Å²) < 4.78 is 28.4. The van der Waals surface area contributed by atoms with Crippen molar-refractivity contribution in [2.75, 3.05) is 13.2 Å². The second-order valence-corrected chi connectivity index (χ2v) is 19.9. The molecule has 0 aromatic heterocycles. The highest BCUT2D eigenvalue weighted by Crippen LogP contribution is 2.26. The second kappa shape index (κ2) is 50.7. The van der Waals surface area contributed by atoms with Gasteiger partial charge < -0.3 is 39.0 Å². The lowest BCUT2D eigenvalue weighted by molar-refractivity contribution is -0.301. The van der Waals surface area contributed by atoms with E-state index in [1.165, 1.54) is 38.5 Å². The van der Waals surface area contributed by atoms with Crippen molar-refractivity contribution >= 4 is 23.9 Å². The summed E-state index contributed by atoms with van der Waals surface area (Å²) in [4.78, 5) is 51.1. The fourth-order valence-electron chi connectivity index (χ4n) is 8.45. The maximum Gasteiger partial charge on any atom is 0.335 e. The van der Waals surface area contributed by atoms with Crippen molar-refractivity contribution in [3.63, 3.8) is 0 Å². The number of ether oxygens (including phenoxy) is 5. The van der Waals surface area contributed by atoms with E-state index in [2.05, 4.69) is 106 Å². The molecule has 1 aliphatic heterocycles. The van der Waals surface area contributed by atoms with Crippen molar-refractivity contribution in [1.29, 1.82) is 0 Å². The average Bonchev–Trinajstić information content (AvgIpc) is 3.39. The van der Waals surface area contributed by atoms with Crippen LogP contribution in [0.4, 0.5) is 0 Å². The van der Waals surface area contributed by atoms with Crippen molar-refractivity contribution < 1.29 is 58.2 Å². The molecule has 6 unspecified atom stereocenters. The average molecular weight is 1050 g/mol. The molecule has 75 heavy (non-hydrogen) atoms. The largest absolute Gasteiger partial charge is 0.479 e. The maximum absolute atomic E-state index is 13.1. The Morgan fingerprint density at radius 2 is 0.840 bits per heavy atom. The summed E-state index contributed by atoms with van der Waals surface area (Å²) in [5, 5.41) is 31.5. The maximum atomic E-state index is 13.1. The van der Waals surface area contributed by atoms with Crippen LogP contribution in [-0.2, 0) is 42.9 Å². The first-order valence-electron chi connectivity index (χ1n) is 29.6. The number of aliphatic hydroxyl groups is 2. The minimum Gasteiger partial charge on any atom is -0.479 e. The molecule has 0 aliphatic carbocycles. The summed E-state index contributed by atoms with van der Waals surface area (Å²) in [5.41, 5.74) is 0. The van der Waals surface area contributed by atoms with E-state index in [0.717, 1.165) is 141 Å². The van der Waals surface area contributed by atoms with Crippen molar-refractivity contribution in [3.8, 4) is 0 Å². The van der Waals surface area contributed by atoms with E-state index < -0.39 is 67.3 Å².